The van der Waals surface area contributed by atoms with Gasteiger partial charge in [-0.1, -0.05) is 42.8 Å². The summed E-state index contributed by atoms with van der Waals surface area (Å²) < 4.78 is 5.79. The van der Waals surface area contributed by atoms with Crippen molar-refractivity contribution in [1.82, 2.24) is 0 Å². The Kier molecular flexibility index (Phi) is 5.05. The van der Waals surface area contributed by atoms with E-state index in [4.69, 9.17) is 16.3 Å². The summed E-state index contributed by atoms with van der Waals surface area (Å²) in [6.07, 6.45) is 0.427. The first-order chi connectivity index (χ1) is 9.60. The molecule has 0 aromatic heterocycles. The Hall–Kier alpha value is -1.51. The van der Waals surface area contributed by atoms with Crippen LogP contribution in [0.2, 0.25) is 5.02 Å². The third-order valence-corrected chi connectivity index (χ3v) is 3.48. The highest BCUT2D eigenvalue weighted by Crippen LogP contribution is 2.28. The third-order valence-electron chi connectivity index (χ3n) is 3.25. The van der Waals surface area contributed by atoms with Crippen LogP contribution in [0.3, 0.4) is 0 Å². The zero-order chi connectivity index (χ0) is 14.5. The molecule has 2 aromatic rings. The lowest BCUT2D eigenvalue weighted by molar-refractivity contribution is 0.190. The summed E-state index contributed by atoms with van der Waals surface area (Å²) in [5.74, 6) is 0.670. The van der Waals surface area contributed by atoms with Gasteiger partial charge in [-0.25, -0.2) is 0 Å². The van der Waals surface area contributed by atoms with Crippen molar-refractivity contribution in [3.05, 3.63) is 64.2 Å². The summed E-state index contributed by atoms with van der Waals surface area (Å²) in [6.45, 7) is 4.31. The molecule has 2 aromatic carbocycles. The van der Waals surface area contributed by atoms with Crippen LogP contribution in [0.15, 0.2) is 42.5 Å². The molecule has 0 unspecified atom stereocenters. The second-order valence-electron chi connectivity index (χ2n) is 4.82. The standard InChI is InChI=1S/C17H19ClO2/c1-3-13-4-6-14(7-5-13)11-20-17-9-8-15(18)10-16(17)12(2)19/h4-10,12,19H,3,11H2,1-2H3/t12-/m1/s1. The normalized spacial score (nSPS) is 12.2. The average Bonchev–Trinajstić information content (AvgIpc) is 2.46. The Morgan fingerprint density at radius 3 is 2.35 bits per heavy atom. The van der Waals surface area contributed by atoms with E-state index in [0.717, 1.165) is 12.0 Å². The number of ether oxygens (including phenoxy) is 1. The molecule has 0 aliphatic rings. The first kappa shape index (κ1) is 14.9. The van der Waals surface area contributed by atoms with E-state index >= 15 is 0 Å². The van der Waals surface area contributed by atoms with Crippen LogP contribution in [0, 0.1) is 0 Å². The van der Waals surface area contributed by atoms with Crippen LogP contribution in [-0.4, -0.2) is 5.11 Å². The highest BCUT2D eigenvalue weighted by Gasteiger charge is 2.10. The Morgan fingerprint density at radius 1 is 1.10 bits per heavy atom. The number of hydrogen-bond donors (Lipinski definition) is 1. The average molecular weight is 291 g/mol. The van der Waals surface area contributed by atoms with Crippen LogP contribution in [0.1, 0.15) is 36.6 Å². The van der Waals surface area contributed by atoms with Crippen LogP contribution < -0.4 is 4.74 Å². The number of benzene rings is 2. The largest absolute Gasteiger partial charge is 0.489 e. The van der Waals surface area contributed by atoms with Crippen molar-refractivity contribution >= 4 is 11.6 Å². The Labute approximate surface area is 125 Å². The van der Waals surface area contributed by atoms with Gasteiger partial charge in [0.05, 0.1) is 6.10 Å². The number of aliphatic hydroxyl groups excluding tert-OH is 1. The smallest absolute Gasteiger partial charge is 0.125 e. The molecule has 1 atom stereocenters. The van der Waals surface area contributed by atoms with E-state index in [0.29, 0.717) is 22.9 Å². The molecule has 0 aliphatic carbocycles. The van der Waals surface area contributed by atoms with Gasteiger partial charge in [-0.05, 0) is 42.7 Å². The molecule has 0 heterocycles. The fourth-order valence-corrected chi connectivity index (χ4v) is 2.19. The minimum absolute atomic E-state index is 0.478. The molecular weight excluding hydrogens is 272 g/mol. The molecular formula is C17H19ClO2. The lowest BCUT2D eigenvalue weighted by atomic mass is 10.1. The van der Waals surface area contributed by atoms with Crippen molar-refractivity contribution in [3.8, 4) is 5.75 Å². The molecule has 0 amide bonds. The predicted octanol–water partition coefficient (Wildman–Crippen LogP) is 4.53. The second kappa shape index (κ2) is 6.78. The van der Waals surface area contributed by atoms with Gasteiger partial charge in [-0.15, -0.1) is 0 Å². The molecule has 0 spiro atoms. The van der Waals surface area contributed by atoms with Gasteiger partial charge in [0, 0.05) is 10.6 Å². The van der Waals surface area contributed by atoms with Gasteiger partial charge in [-0.2, -0.15) is 0 Å². The van der Waals surface area contributed by atoms with Gasteiger partial charge in [0.2, 0.25) is 0 Å². The topological polar surface area (TPSA) is 29.5 Å². The minimum atomic E-state index is -0.605. The second-order valence-corrected chi connectivity index (χ2v) is 5.25. The molecule has 3 heteroatoms. The van der Waals surface area contributed by atoms with Crippen LogP contribution in [0.25, 0.3) is 0 Å². The monoisotopic (exact) mass is 290 g/mol. The van der Waals surface area contributed by atoms with E-state index in [2.05, 4.69) is 31.2 Å². The number of rotatable bonds is 5. The first-order valence-corrected chi connectivity index (χ1v) is 7.16. The van der Waals surface area contributed by atoms with E-state index in [9.17, 15) is 5.11 Å². The zero-order valence-corrected chi connectivity index (χ0v) is 12.5. The molecule has 0 saturated carbocycles. The summed E-state index contributed by atoms with van der Waals surface area (Å²) in [5.41, 5.74) is 3.13. The van der Waals surface area contributed by atoms with Gasteiger partial charge < -0.3 is 9.84 Å². The molecule has 106 valence electrons. The van der Waals surface area contributed by atoms with E-state index in [1.165, 1.54) is 5.56 Å². The number of halogens is 1. The van der Waals surface area contributed by atoms with E-state index in [1.807, 2.05) is 0 Å². The number of hydrogen-bond acceptors (Lipinski definition) is 2. The van der Waals surface area contributed by atoms with Crippen LogP contribution in [0.4, 0.5) is 0 Å². The quantitative estimate of drug-likeness (QED) is 0.876. The van der Waals surface area contributed by atoms with Crippen molar-refractivity contribution in [2.24, 2.45) is 0 Å². The summed E-state index contributed by atoms with van der Waals surface area (Å²) in [5, 5.41) is 10.4. The maximum absolute atomic E-state index is 9.76. The summed E-state index contributed by atoms with van der Waals surface area (Å²) in [7, 11) is 0. The molecule has 1 N–H and O–H groups in total. The molecule has 0 fully saturated rings. The van der Waals surface area contributed by atoms with Crippen molar-refractivity contribution in [3.63, 3.8) is 0 Å². The van der Waals surface area contributed by atoms with E-state index in [1.54, 1.807) is 25.1 Å². The lowest BCUT2D eigenvalue weighted by Crippen LogP contribution is -2.01. The van der Waals surface area contributed by atoms with Gasteiger partial charge in [0.15, 0.2) is 0 Å². The Balaban J connectivity index is 2.10. The van der Waals surface area contributed by atoms with E-state index in [-0.39, 0.29) is 0 Å². The van der Waals surface area contributed by atoms with Crippen molar-refractivity contribution in [1.29, 1.82) is 0 Å². The molecule has 2 rings (SSSR count). The zero-order valence-electron chi connectivity index (χ0n) is 11.8. The third kappa shape index (κ3) is 3.75. The van der Waals surface area contributed by atoms with Gasteiger partial charge >= 0.3 is 0 Å². The molecule has 20 heavy (non-hydrogen) atoms. The van der Waals surface area contributed by atoms with Crippen LogP contribution in [-0.2, 0) is 13.0 Å². The molecule has 0 saturated heterocycles. The molecule has 0 aliphatic heterocycles. The lowest BCUT2D eigenvalue weighted by Gasteiger charge is -2.14. The van der Waals surface area contributed by atoms with Gasteiger partial charge in [0.1, 0.15) is 12.4 Å². The Morgan fingerprint density at radius 2 is 1.75 bits per heavy atom. The van der Waals surface area contributed by atoms with Gasteiger partial charge in [0.25, 0.3) is 0 Å². The molecule has 0 radical (unpaired) electrons. The summed E-state index contributed by atoms with van der Waals surface area (Å²) in [6, 6.07) is 13.6. The minimum Gasteiger partial charge on any atom is -0.489 e. The molecule has 2 nitrogen and oxygen atoms in total. The number of aliphatic hydroxyl groups is 1. The van der Waals surface area contributed by atoms with Crippen molar-refractivity contribution in [2.45, 2.75) is 33.0 Å². The van der Waals surface area contributed by atoms with E-state index < -0.39 is 6.10 Å². The summed E-state index contributed by atoms with van der Waals surface area (Å²) >= 11 is 5.94. The van der Waals surface area contributed by atoms with Gasteiger partial charge in [-0.3, -0.25) is 0 Å². The predicted molar refractivity (Wildman–Crippen MR) is 82.2 cm³/mol. The fraction of sp³-hybridized carbons (Fsp3) is 0.294. The van der Waals surface area contributed by atoms with Crippen LogP contribution >= 0.6 is 11.6 Å². The SMILES string of the molecule is CCc1ccc(COc2ccc(Cl)cc2[C@@H](C)O)cc1. The van der Waals surface area contributed by atoms with Crippen molar-refractivity contribution < 1.29 is 9.84 Å². The van der Waals surface area contributed by atoms with Crippen LogP contribution in [0.5, 0.6) is 5.75 Å². The maximum atomic E-state index is 9.76. The van der Waals surface area contributed by atoms with Crippen molar-refractivity contribution in [2.75, 3.05) is 0 Å². The Bertz CT molecular complexity index is 562. The maximum Gasteiger partial charge on any atom is 0.125 e. The highest BCUT2D eigenvalue weighted by molar-refractivity contribution is 6.30. The first-order valence-electron chi connectivity index (χ1n) is 6.78. The fourth-order valence-electron chi connectivity index (χ4n) is 2.01. The molecule has 0 bridgehead atoms. The summed E-state index contributed by atoms with van der Waals surface area (Å²) in [4.78, 5) is 0. The highest BCUT2D eigenvalue weighted by atomic mass is 35.5. The number of aryl methyl sites for hydroxylation is 1.